The highest BCUT2D eigenvalue weighted by Gasteiger charge is 2.29. The molecule has 0 bridgehead atoms. The fourth-order valence-corrected chi connectivity index (χ4v) is 2.33. The Morgan fingerprint density at radius 3 is 2.58 bits per heavy atom. The Bertz CT molecular complexity index is 630. The van der Waals surface area contributed by atoms with Crippen LogP contribution in [0.15, 0.2) is 18.2 Å². The standard InChI is InChI=1S/C9H9ClN2O6S/c1-5(9(13)14)19(17,18)11-6-3-2-4-7(8(6)10)12(15)16/h2-5,11H,1H3,(H,13,14). The van der Waals surface area contributed by atoms with Gasteiger partial charge < -0.3 is 5.11 Å². The number of halogens is 1. The number of sulfonamides is 1. The Kier molecular flexibility index (Phi) is 4.32. The van der Waals surface area contributed by atoms with E-state index in [9.17, 15) is 23.3 Å². The lowest BCUT2D eigenvalue weighted by Crippen LogP contribution is -2.32. The van der Waals surface area contributed by atoms with Gasteiger partial charge in [0.2, 0.25) is 10.0 Å². The summed E-state index contributed by atoms with van der Waals surface area (Å²) in [6.45, 7) is 0.968. The van der Waals surface area contributed by atoms with Crippen molar-refractivity contribution in [2.45, 2.75) is 12.2 Å². The van der Waals surface area contributed by atoms with Crippen LogP contribution in [0, 0.1) is 10.1 Å². The molecule has 104 valence electrons. The van der Waals surface area contributed by atoms with Gasteiger partial charge in [-0.3, -0.25) is 19.6 Å². The lowest BCUT2D eigenvalue weighted by Gasteiger charge is -2.12. The molecule has 1 aromatic rings. The first-order chi connectivity index (χ1) is 8.66. The number of nitro benzene ring substituents is 1. The van der Waals surface area contributed by atoms with Gasteiger partial charge in [-0.2, -0.15) is 0 Å². The molecule has 2 N–H and O–H groups in total. The van der Waals surface area contributed by atoms with Crippen molar-refractivity contribution < 1.29 is 23.2 Å². The highest BCUT2D eigenvalue weighted by molar-refractivity contribution is 7.94. The number of nitrogens with zero attached hydrogens (tertiary/aromatic N) is 1. The van der Waals surface area contributed by atoms with Gasteiger partial charge in [0.1, 0.15) is 5.02 Å². The largest absolute Gasteiger partial charge is 0.480 e. The minimum absolute atomic E-state index is 0.246. The maximum absolute atomic E-state index is 11.7. The van der Waals surface area contributed by atoms with Gasteiger partial charge in [0.15, 0.2) is 5.25 Å². The molecule has 10 heteroatoms. The van der Waals surface area contributed by atoms with Gasteiger partial charge >= 0.3 is 5.97 Å². The smallest absolute Gasteiger partial charge is 0.323 e. The summed E-state index contributed by atoms with van der Waals surface area (Å²) in [6.07, 6.45) is 0. The molecule has 0 saturated heterocycles. The van der Waals surface area contributed by atoms with Crippen LogP contribution in [0.1, 0.15) is 6.92 Å². The predicted octanol–water partition coefficient (Wildman–Crippen LogP) is 1.46. The molecule has 0 spiro atoms. The second-order valence-corrected chi connectivity index (χ2v) is 5.90. The molecule has 0 fully saturated rings. The first-order valence-corrected chi connectivity index (χ1v) is 6.76. The minimum Gasteiger partial charge on any atom is -0.480 e. The zero-order valence-electron chi connectivity index (χ0n) is 9.53. The number of rotatable bonds is 5. The van der Waals surface area contributed by atoms with Gasteiger partial charge in [0.05, 0.1) is 10.6 Å². The molecule has 0 aromatic heterocycles. The van der Waals surface area contributed by atoms with Crippen molar-refractivity contribution in [3.63, 3.8) is 0 Å². The van der Waals surface area contributed by atoms with Gasteiger partial charge in [-0.15, -0.1) is 0 Å². The second kappa shape index (κ2) is 5.41. The van der Waals surface area contributed by atoms with Crippen LogP contribution in [0.2, 0.25) is 5.02 Å². The fraction of sp³-hybridized carbons (Fsp3) is 0.222. The summed E-state index contributed by atoms with van der Waals surface area (Å²) in [6, 6.07) is 3.52. The van der Waals surface area contributed by atoms with Crippen LogP contribution >= 0.6 is 11.6 Å². The zero-order chi connectivity index (χ0) is 14.8. The molecular weight excluding hydrogens is 300 g/mol. The Labute approximate surface area is 113 Å². The summed E-state index contributed by atoms with van der Waals surface area (Å²) in [5, 5.41) is 17.2. The van der Waals surface area contributed by atoms with Crippen molar-refractivity contribution in [1.82, 2.24) is 0 Å². The number of aliphatic carboxylic acids is 1. The lowest BCUT2D eigenvalue weighted by atomic mass is 10.3. The lowest BCUT2D eigenvalue weighted by molar-refractivity contribution is -0.384. The van der Waals surface area contributed by atoms with Gasteiger partial charge in [-0.05, 0) is 13.0 Å². The number of carboxylic acids is 1. The van der Waals surface area contributed by atoms with Crippen molar-refractivity contribution in [2.75, 3.05) is 4.72 Å². The average Bonchev–Trinajstić information content (AvgIpc) is 2.30. The van der Waals surface area contributed by atoms with Crippen molar-refractivity contribution >= 4 is 39.0 Å². The Balaban J connectivity index is 3.18. The van der Waals surface area contributed by atoms with E-state index in [-0.39, 0.29) is 5.69 Å². The van der Waals surface area contributed by atoms with Crippen molar-refractivity contribution in [3.8, 4) is 0 Å². The molecule has 0 amide bonds. The van der Waals surface area contributed by atoms with Gasteiger partial charge in [0.25, 0.3) is 5.69 Å². The van der Waals surface area contributed by atoms with Crippen molar-refractivity contribution in [3.05, 3.63) is 33.3 Å². The molecule has 1 aromatic carbocycles. The quantitative estimate of drug-likeness (QED) is 0.626. The Morgan fingerprint density at radius 2 is 2.11 bits per heavy atom. The summed E-state index contributed by atoms with van der Waals surface area (Å²) >= 11 is 5.68. The zero-order valence-corrected chi connectivity index (χ0v) is 11.1. The number of nitro groups is 1. The summed E-state index contributed by atoms with van der Waals surface area (Å²) in [5.41, 5.74) is -0.728. The molecule has 1 rings (SSSR count). The maximum Gasteiger partial charge on any atom is 0.323 e. The molecule has 0 aliphatic rings. The molecule has 1 unspecified atom stereocenters. The van der Waals surface area contributed by atoms with Crippen LogP contribution in [0.5, 0.6) is 0 Å². The number of carboxylic acid groups (broad SMARTS) is 1. The maximum atomic E-state index is 11.7. The number of nitrogens with one attached hydrogen (secondary N) is 1. The SMILES string of the molecule is CC(C(=O)O)S(=O)(=O)Nc1cccc([N+](=O)[O-])c1Cl. The average molecular weight is 309 g/mol. The Hall–Kier alpha value is -1.87. The summed E-state index contributed by atoms with van der Waals surface area (Å²) in [5.74, 6) is -1.55. The van der Waals surface area contributed by atoms with Gasteiger partial charge in [-0.25, -0.2) is 8.42 Å². The topological polar surface area (TPSA) is 127 Å². The predicted molar refractivity (Wildman–Crippen MR) is 67.7 cm³/mol. The molecule has 0 aliphatic carbocycles. The van der Waals surface area contributed by atoms with E-state index in [0.29, 0.717) is 0 Å². The highest BCUT2D eigenvalue weighted by atomic mass is 35.5. The third kappa shape index (κ3) is 3.32. The first kappa shape index (κ1) is 15.2. The normalized spacial score (nSPS) is 12.7. The third-order valence-electron chi connectivity index (χ3n) is 2.24. The van der Waals surface area contributed by atoms with E-state index in [1.165, 1.54) is 12.1 Å². The van der Waals surface area contributed by atoms with E-state index < -0.39 is 36.9 Å². The van der Waals surface area contributed by atoms with Crippen molar-refractivity contribution in [2.24, 2.45) is 0 Å². The highest BCUT2D eigenvalue weighted by Crippen LogP contribution is 2.32. The molecule has 0 saturated carbocycles. The summed E-state index contributed by atoms with van der Waals surface area (Å²) in [4.78, 5) is 20.5. The van der Waals surface area contributed by atoms with Crippen LogP contribution < -0.4 is 4.72 Å². The van der Waals surface area contributed by atoms with Gasteiger partial charge in [-0.1, -0.05) is 17.7 Å². The second-order valence-electron chi connectivity index (χ2n) is 3.52. The number of carbonyl (C=O) groups is 1. The van der Waals surface area contributed by atoms with E-state index in [1.54, 1.807) is 0 Å². The van der Waals surface area contributed by atoms with E-state index in [0.717, 1.165) is 13.0 Å². The van der Waals surface area contributed by atoms with Crippen LogP contribution in [-0.4, -0.2) is 29.7 Å². The molecule has 1 atom stereocenters. The molecule has 19 heavy (non-hydrogen) atoms. The molecule has 0 radical (unpaired) electrons. The van der Waals surface area contributed by atoms with Gasteiger partial charge in [0, 0.05) is 6.07 Å². The van der Waals surface area contributed by atoms with Crippen molar-refractivity contribution in [1.29, 1.82) is 0 Å². The summed E-state index contributed by atoms with van der Waals surface area (Å²) < 4.78 is 25.2. The monoisotopic (exact) mass is 308 g/mol. The van der Waals surface area contributed by atoms with Crippen LogP contribution in [0.4, 0.5) is 11.4 Å². The van der Waals surface area contributed by atoms with E-state index >= 15 is 0 Å². The third-order valence-corrected chi connectivity index (χ3v) is 4.27. The molecule has 0 aliphatic heterocycles. The van der Waals surface area contributed by atoms with Crippen LogP contribution in [0.3, 0.4) is 0 Å². The summed E-state index contributed by atoms with van der Waals surface area (Å²) in [7, 11) is -4.23. The first-order valence-electron chi connectivity index (χ1n) is 4.84. The number of hydrogen-bond donors (Lipinski definition) is 2. The number of hydrogen-bond acceptors (Lipinski definition) is 5. The van der Waals surface area contributed by atoms with Crippen LogP contribution in [-0.2, 0) is 14.8 Å². The Morgan fingerprint density at radius 1 is 1.53 bits per heavy atom. The minimum atomic E-state index is -4.23. The number of anilines is 1. The van der Waals surface area contributed by atoms with E-state index in [2.05, 4.69) is 0 Å². The molecule has 8 nitrogen and oxygen atoms in total. The molecule has 0 heterocycles. The fourth-order valence-electron chi connectivity index (χ4n) is 1.11. The molecular formula is C9H9ClN2O6S. The van der Waals surface area contributed by atoms with E-state index in [4.69, 9.17) is 16.7 Å². The van der Waals surface area contributed by atoms with Crippen LogP contribution in [0.25, 0.3) is 0 Å². The van der Waals surface area contributed by atoms with E-state index in [1.807, 2.05) is 4.72 Å². The number of benzene rings is 1.